The second-order valence-electron chi connectivity index (χ2n) is 8.46. The maximum Gasteiger partial charge on any atom is 0.243 e. The monoisotopic (exact) mass is 481 g/mol. The topological polar surface area (TPSA) is 95.1 Å². The van der Waals surface area contributed by atoms with Crippen LogP contribution in [0.25, 0.3) is 6.08 Å². The summed E-state index contributed by atoms with van der Waals surface area (Å²) in [5.74, 6) is -0.394. The predicted molar refractivity (Wildman–Crippen MR) is 127 cm³/mol. The van der Waals surface area contributed by atoms with E-state index in [0.717, 1.165) is 11.1 Å². The van der Waals surface area contributed by atoms with E-state index < -0.39 is 16.1 Å². The van der Waals surface area contributed by atoms with Crippen molar-refractivity contribution in [1.29, 1.82) is 0 Å². The molecule has 1 atom stereocenters. The van der Waals surface area contributed by atoms with Crippen LogP contribution in [-0.4, -0.2) is 66.3 Å². The van der Waals surface area contributed by atoms with E-state index in [0.29, 0.717) is 5.56 Å². The quantitative estimate of drug-likeness (QED) is 0.612. The van der Waals surface area contributed by atoms with Crippen LogP contribution in [0.15, 0.2) is 59.6 Å². The second-order valence-corrected chi connectivity index (χ2v) is 10.4. The van der Waals surface area contributed by atoms with Crippen molar-refractivity contribution in [3.05, 3.63) is 71.4 Å². The molecule has 2 aromatic carbocycles. The van der Waals surface area contributed by atoms with Gasteiger partial charge in [-0.1, -0.05) is 36.4 Å². The molecule has 0 aliphatic carbocycles. The molecule has 8 nitrogen and oxygen atoms in total. The molecule has 0 bridgehead atoms. The minimum absolute atomic E-state index is 0.121. The molecule has 2 aliphatic rings. The Morgan fingerprint density at radius 2 is 1.56 bits per heavy atom. The molecule has 2 aliphatic heterocycles. The van der Waals surface area contributed by atoms with Gasteiger partial charge < -0.3 is 9.80 Å². The SMILES string of the molecule is CC(=O)c1ccc(S(=O)(=O)N2CCN(C(=O)CC3c4ccccc4C=CN3C(C)=O)CC2)cc1. The second kappa shape index (κ2) is 9.52. The first-order valence-electron chi connectivity index (χ1n) is 11.1. The Morgan fingerprint density at radius 3 is 2.18 bits per heavy atom. The molecule has 1 fully saturated rings. The standard InChI is InChI=1S/C25H27N3O5S/c1-18(29)20-7-9-22(10-8-20)34(32,33)27-15-13-26(14-16-27)25(31)17-24-23-6-4-3-5-21(23)11-12-28(24)19(2)30/h3-12,24H,13-17H2,1-2H3. The first-order valence-corrected chi connectivity index (χ1v) is 12.6. The molecule has 9 heteroatoms. The van der Waals surface area contributed by atoms with Crippen LogP contribution in [0.1, 0.15) is 47.8 Å². The molecule has 2 aromatic rings. The summed E-state index contributed by atoms with van der Waals surface area (Å²) in [4.78, 5) is 40.1. The van der Waals surface area contributed by atoms with E-state index in [9.17, 15) is 22.8 Å². The van der Waals surface area contributed by atoms with E-state index in [-0.39, 0.29) is 55.1 Å². The average Bonchev–Trinajstić information content (AvgIpc) is 2.84. The van der Waals surface area contributed by atoms with Crippen molar-refractivity contribution in [2.24, 2.45) is 0 Å². The van der Waals surface area contributed by atoms with Crippen molar-refractivity contribution in [1.82, 2.24) is 14.1 Å². The molecule has 1 saturated heterocycles. The highest BCUT2D eigenvalue weighted by Crippen LogP contribution is 2.33. The molecule has 34 heavy (non-hydrogen) atoms. The molecule has 1 unspecified atom stereocenters. The zero-order valence-corrected chi connectivity index (χ0v) is 20.0. The van der Waals surface area contributed by atoms with E-state index in [1.54, 1.807) is 16.0 Å². The van der Waals surface area contributed by atoms with E-state index in [2.05, 4.69) is 0 Å². The lowest BCUT2D eigenvalue weighted by atomic mass is 9.93. The maximum absolute atomic E-state index is 13.1. The number of hydrogen-bond acceptors (Lipinski definition) is 5. The van der Waals surface area contributed by atoms with Gasteiger partial charge in [-0.3, -0.25) is 14.4 Å². The van der Waals surface area contributed by atoms with Crippen molar-refractivity contribution in [3.63, 3.8) is 0 Å². The molecule has 0 radical (unpaired) electrons. The number of nitrogens with zero attached hydrogens (tertiary/aromatic N) is 3. The van der Waals surface area contributed by atoms with Gasteiger partial charge in [-0.25, -0.2) is 8.42 Å². The van der Waals surface area contributed by atoms with Gasteiger partial charge in [0.05, 0.1) is 17.4 Å². The highest BCUT2D eigenvalue weighted by atomic mass is 32.2. The summed E-state index contributed by atoms with van der Waals surface area (Å²) in [7, 11) is -3.72. The average molecular weight is 482 g/mol. The number of carbonyl (C=O) groups excluding carboxylic acids is 3. The van der Waals surface area contributed by atoms with Crippen molar-refractivity contribution in [3.8, 4) is 0 Å². The van der Waals surface area contributed by atoms with Gasteiger partial charge in [-0.2, -0.15) is 4.31 Å². The lowest BCUT2D eigenvalue weighted by Gasteiger charge is -2.37. The fourth-order valence-electron chi connectivity index (χ4n) is 4.40. The van der Waals surface area contributed by atoms with Crippen LogP contribution in [0, 0.1) is 0 Å². The summed E-state index contributed by atoms with van der Waals surface area (Å²) in [6.45, 7) is 3.81. The molecule has 2 heterocycles. The van der Waals surface area contributed by atoms with Crippen molar-refractivity contribution in [2.45, 2.75) is 31.2 Å². The zero-order chi connectivity index (χ0) is 24.5. The molecule has 0 N–H and O–H groups in total. The Labute approximate surface area is 199 Å². The van der Waals surface area contributed by atoms with Gasteiger partial charge in [-0.05, 0) is 36.3 Å². The largest absolute Gasteiger partial charge is 0.340 e. The molecule has 2 amide bonds. The number of hydrogen-bond donors (Lipinski definition) is 0. The van der Waals surface area contributed by atoms with Crippen LogP contribution in [0.5, 0.6) is 0 Å². The van der Waals surface area contributed by atoms with Crippen LogP contribution < -0.4 is 0 Å². The van der Waals surface area contributed by atoms with Gasteiger partial charge in [0.1, 0.15) is 0 Å². The highest BCUT2D eigenvalue weighted by Gasteiger charge is 2.33. The summed E-state index contributed by atoms with van der Waals surface area (Å²) in [6, 6.07) is 13.2. The molecule has 0 aromatic heterocycles. The number of sulfonamides is 1. The third kappa shape index (κ3) is 4.67. The Hall–Kier alpha value is -3.30. The van der Waals surface area contributed by atoms with Crippen LogP contribution in [0.4, 0.5) is 0 Å². The molecule has 4 rings (SSSR count). The Morgan fingerprint density at radius 1 is 0.912 bits per heavy atom. The van der Waals surface area contributed by atoms with Gasteiger partial charge >= 0.3 is 0 Å². The Balaban J connectivity index is 1.43. The molecular formula is C25H27N3O5S. The number of benzene rings is 2. The highest BCUT2D eigenvalue weighted by molar-refractivity contribution is 7.89. The van der Waals surface area contributed by atoms with Gasteiger partial charge in [-0.15, -0.1) is 0 Å². The Kier molecular flexibility index (Phi) is 6.67. The number of rotatable bonds is 5. The van der Waals surface area contributed by atoms with Gasteiger partial charge in [0.2, 0.25) is 21.8 Å². The zero-order valence-electron chi connectivity index (χ0n) is 19.2. The number of fused-ring (bicyclic) bond motifs is 1. The lowest BCUT2D eigenvalue weighted by Crippen LogP contribution is -2.51. The minimum atomic E-state index is -3.72. The number of piperazine rings is 1. The molecular weight excluding hydrogens is 454 g/mol. The van der Waals surface area contributed by atoms with Crippen molar-refractivity contribution < 1.29 is 22.8 Å². The number of carbonyl (C=O) groups is 3. The smallest absolute Gasteiger partial charge is 0.243 e. The predicted octanol–water partition coefficient (Wildman–Crippen LogP) is 2.69. The summed E-state index contributed by atoms with van der Waals surface area (Å²) >= 11 is 0. The van der Waals surface area contributed by atoms with Crippen molar-refractivity contribution in [2.75, 3.05) is 26.2 Å². The fraction of sp³-hybridized carbons (Fsp3) is 0.320. The van der Waals surface area contributed by atoms with E-state index in [4.69, 9.17) is 0 Å². The van der Waals surface area contributed by atoms with Crippen LogP contribution in [0.2, 0.25) is 0 Å². The van der Waals surface area contributed by atoms with Gasteiger partial charge in [0.15, 0.2) is 5.78 Å². The van der Waals surface area contributed by atoms with Gasteiger partial charge in [0.25, 0.3) is 0 Å². The third-order valence-corrected chi connectivity index (χ3v) is 8.24. The summed E-state index contributed by atoms with van der Waals surface area (Å²) < 4.78 is 27.4. The lowest BCUT2D eigenvalue weighted by molar-refractivity contribution is -0.135. The number of ketones is 1. The minimum Gasteiger partial charge on any atom is -0.340 e. The number of Topliss-reactive ketones (excluding diaryl/α,β-unsaturated/α-hetero) is 1. The maximum atomic E-state index is 13.1. The third-order valence-electron chi connectivity index (χ3n) is 6.33. The van der Waals surface area contributed by atoms with Gasteiger partial charge in [0, 0.05) is 44.9 Å². The molecule has 178 valence electrons. The van der Waals surface area contributed by atoms with E-state index >= 15 is 0 Å². The first-order chi connectivity index (χ1) is 16.2. The van der Waals surface area contributed by atoms with Crippen LogP contribution in [0.3, 0.4) is 0 Å². The molecule has 0 saturated carbocycles. The fourth-order valence-corrected chi connectivity index (χ4v) is 5.82. The van der Waals surface area contributed by atoms with E-state index in [1.165, 1.54) is 42.4 Å². The van der Waals surface area contributed by atoms with Crippen LogP contribution >= 0.6 is 0 Å². The molecule has 0 spiro atoms. The summed E-state index contributed by atoms with van der Waals surface area (Å²) in [5.41, 5.74) is 2.35. The summed E-state index contributed by atoms with van der Waals surface area (Å²) in [5, 5.41) is 0. The van der Waals surface area contributed by atoms with E-state index in [1.807, 2.05) is 30.3 Å². The summed E-state index contributed by atoms with van der Waals surface area (Å²) in [6.07, 6.45) is 3.70. The number of amides is 2. The van der Waals surface area contributed by atoms with Crippen LogP contribution in [-0.2, 0) is 19.6 Å². The first kappa shape index (κ1) is 23.8. The normalized spacial score (nSPS) is 18.5. The van der Waals surface area contributed by atoms with Crippen molar-refractivity contribution >= 4 is 33.7 Å². The Bertz CT molecular complexity index is 1250.